The molecular weight excluding hydrogens is 753 g/mol. The minimum atomic E-state index is -2.82. The van der Waals surface area contributed by atoms with Crippen LogP contribution in [0.4, 0.5) is 0 Å². The van der Waals surface area contributed by atoms with Crippen molar-refractivity contribution in [1.29, 1.82) is 0 Å². The van der Waals surface area contributed by atoms with E-state index >= 15 is 0 Å². The van der Waals surface area contributed by atoms with Gasteiger partial charge < -0.3 is 13.3 Å². The van der Waals surface area contributed by atoms with Crippen LogP contribution in [0.1, 0.15) is 290 Å². The predicted molar refractivity (Wildman–Crippen MR) is 266 cm³/mol. The summed E-state index contributed by atoms with van der Waals surface area (Å²) in [6.07, 6.45) is 57.7. The van der Waals surface area contributed by atoms with Gasteiger partial charge in [0, 0.05) is 36.9 Å². The molecule has 1 unspecified atom stereocenters. The average Bonchev–Trinajstić information content (AvgIpc) is 3.22. The second kappa shape index (κ2) is 49.5. The van der Waals surface area contributed by atoms with Crippen molar-refractivity contribution in [2.24, 2.45) is 0 Å². The van der Waals surface area contributed by atoms with E-state index in [1.165, 1.54) is 250 Å². The molecule has 0 fully saturated rings. The van der Waals surface area contributed by atoms with Gasteiger partial charge in [0.05, 0.1) is 0 Å². The van der Waals surface area contributed by atoms with Crippen molar-refractivity contribution in [2.45, 2.75) is 302 Å². The first-order valence-electron chi connectivity index (χ1n) is 26.3. The van der Waals surface area contributed by atoms with Crippen molar-refractivity contribution >= 4 is 34.1 Å². The third-order valence-corrected chi connectivity index (χ3v) is 16.5. The maximum atomic E-state index is 6.76. The molecule has 0 rings (SSSR count). The van der Waals surface area contributed by atoms with Gasteiger partial charge in [-0.05, 0) is 19.3 Å². The quantitative estimate of drug-likeness (QED) is 0.0363. The zero-order valence-corrected chi connectivity index (χ0v) is 42.2. The molecular formula is C51H106O3S2Si. The van der Waals surface area contributed by atoms with Crippen LogP contribution >= 0.6 is 25.3 Å². The van der Waals surface area contributed by atoms with E-state index in [1.54, 1.807) is 0 Å². The lowest BCUT2D eigenvalue weighted by Gasteiger charge is -2.31. The molecule has 0 aromatic heterocycles. The molecule has 0 aliphatic carbocycles. The Morgan fingerprint density at radius 1 is 0.298 bits per heavy atom. The molecule has 0 bridgehead atoms. The Balaban J connectivity index is 4.53. The first-order chi connectivity index (χ1) is 28.1. The molecule has 0 saturated heterocycles. The van der Waals surface area contributed by atoms with Crippen LogP contribution in [0, 0.1) is 0 Å². The van der Waals surface area contributed by atoms with Crippen molar-refractivity contribution in [2.75, 3.05) is 25.6 Å². The van der Waals surface area contributed by atoms with Gasteiger partial charge in [-0.3, -0.25) is 0 Å². The molecule has 0 radical (unpaired) electrons. The molecule has 6 heteroatoms. The summed E-state index contributed by atoms with van der Waals surface area (Å²) in [7, 11) is -2.82. The second-order valence-electron chi connectivity index (χ2n) is 18.1. The molecule has 0 saturated carbocycles. The van der Waals surface area contributed by atoms with E-state index in [1.807, 2.05) is 0 Å². The van der Waals surface area contributed by atoms with Gasteiger partial charge in [0.15, 0.2) is 0 Å². The third-order valence-electron chi connectivity index (χ3n) is 12.2. The fraction of sp³-hybridized carbons (Fsp3) is 1.00. The molecule has 0 aromatic carbocycles. The number of hydrogen-bond acceptors (Lipinski definition) is 5. The average molecular weight is 860 g/mol. The SMILES string of the molecule is CCCCCCCCCCCCCCCCO[Si](CC(S)CS)(OCCCCCCCCCCCCCCCC)OCCCCCCCCCCCCCCCC. The van der Waals surface area contributed by atoms with E-state index in [9.17, 15) is 0 Å². The molecule has 1 atom stereocenters. The molecule has 0 aliphatic rings. The molecule has 3 nitrogen and oxygen atoms in total. The van der Waals surface area contributed by atoms with Gasteiger partial charge in [0.25, 0.3) is 0 Å². The minimum absolute atomic E-state index is 0.143. The van der Waals surface area contributed by atoms with E-state index in [-0.39, 0.29) is 5.25 Å². The van der Waals surface area contributed by atoms with Crippen LogP contribution in [0.2, 0.25) is 6.04 Å². The zero-order chi connectivity index (χ0) is 41.4. The maximum Gasteiger partial charge on any atom is 0.502 e. The Bertz CT molecular complexity index is 645. The summed E-state index contributed by atoms with van der Waals surface area (Å²) in [6.45, 7) is 9.19. The van der Waals surface area contributed by atoms with Crippen LogP contribution in [0.3, 0.4) is 0 Å². The summed E-state index contributed by atoms with van der Waals surface area (Å²) in [6, 6.07) is 0.773. The van der Waals surface area contributed by atoms with Crippen LogP contribution < -0.4 is 0 Å². The Labute approximate surface area is 372 Å². The van der Waals surface area contributed by atoms with Gasteiger partial charge in [0.2, 0.25) is 0 Å². The van der Waals surface area contributed by atoms with Crippen LogP contribution in [-0.2, 0) is 13.3 Å². The third kappa shape index (κ3) is 44.7. The number of rotatable bonds is 51. The largest absolute Gasteiger partial charge is 0.502 e. The Hall–Kier alpha value is 0.797. The van der Waals surface area contributed by atoms with E-state index in [2.05, 4.69) is 33.4 Å². The molecule has 0 N–H and O–H groups in total. The highest BCUT2D eigenvalue weighted by molar-refractivity contribution is 7.84. The lowest BCUT2D eigenvalue weighted by atomic mass is 10.0. The molecule has 344 valence electrons. The van der Waals surface area contributed by atoms with Crippen LogP contribution in [0.15, 0.2) is 0 Å². The molecule has 0 aromatic rings. The van der Waals surface area contributed by atoms with E-state index in [4.69, 9.17) is 25.9 Å². The van der Waals surface area contributed by atoms with Crippen LogP contribution in [0.25, 0.3) is 0 Å². The first-order valence-corrected chi connectivity index (χ1v) is 29.4. The predicted octanol–water partition coefficient (Wildman–Crippen LogP) is 18.6. The summed E-state index contributed by atoms with van der Waals surface area (Å²) in [4.78, 5) is 0. The lowest BCUT2D eigenvalue weighted by molar-refractivity contribution is 0.0555. The van der Waals surface area contributed by atoms with Gasteiger partial charge in [-0.2, -0.15) is 25.3 Å². The van der Waals surface area contributed by atoms with Crippen molar-refractivity contribution < 1.29 is 13.3 Å². The van der Waals surface area contributed by atoms with Crippen LogP contribution in [0.5, 0.6) is 0 Å². The van der Waals surface area contributed by atoms with Gasteiger partial charge in [0.1, 0.15) is 0 Å². The number of unbranched alkanes of at least 4 members (excludes halogenated alkanes) is 39. The summed E-state index contributed by atoms with van der Waals surface area (Å²) < 4.78 is 20.3. The van der Waals surface area contributed by atoms with E-state index in [0.717, 1.165) is 50.9 Å². The summed E-state index contributed by atoms with van der Waals surface area (Å²) in [5, 5.41) is 0.143. The molecule has 0 aliphatic heterocycles. The fourth-order valence-electron chi connectivity index (χ4n) is 8.23. The van der Waals surface area contributed by atoms with Crippen molar-refractivity contribution in [3.63, 3.8) is 0 Å². The lowest BCUT2D eigenvalue weighted by Crippen LogP contribution is -2.48. The molecule has 0 amide bonds. The highest BCUT2D eigenvalue weighted by Crippen LogP contribution is 2.25. The van der Waals surface area contributed by atoms with Crippen LogP contribution in [-0.4, -0.2) is 39.6 Å². The second-order valence-corrected chi connectivity index (χ2v) is 21.8. The fourth-order valence-corrected chi connectivity index (χ4v) is 12.0. The summed E-state index contributed by atoms with van der Waals surface area (Å²) in [5.41, 5.74) is 0. The Kier molecular flexibility index (Phi) is 50.1. The van der Waals surface area contributed by atoms with E-state index in [0.29, 0.717) is 0 Å². The smallest absolute Gasteiger partial charge is 0.373 e. The minimum Gasteiger partial charge on any atom is -0.373 e. The van der Waals surface area contributed by atoms with Gasteiger partial charge in [-0.15, -0.1) is 0 Å². The Morgan fingerprint density at radius 2 is 0.474 bits per heavy atom. The normalized spacial score (nSPS) is 12.6. The van der Waals surface area contributed by atoms with Crippen molar-refractivity contribution in [1.82, 2.24) is 0 Å². The highest BCUT2D eigenvalue weighted by atomic mass is 32.1. The topological polar surface area (TPSA) is 27.7 Å². The molecule has 0 heterocycles. The number of thiol groups is 2. The van der Waals surface area contributed by atoms with Gasteiger partial charge in [-0.1, -0.05) is 271 Å². The zero-order valence-electron chi connectivity index (χ0n) is 39.4. The Morgan fingerprint density at radius 3 is 0.649 bits per heavy atom. The van der Waals surface area contributed by atoms with Gasteiger partial charge in [-0.25, -0.2) is 0 Å². The van der Waals surface area contributed by atoms with Crippen molar-refractivity contribution in [3.05, 3.63) is 0 Å². The first kappa shape index (κ1) is 57.8. The maximum absolute atomic E-state index is 6.76. The van der Waals surface area contributed by atoms with Crippen molar-refractivity contribution in [3.8, 4) is 0 Å². The summed E-state index contributed by atoms with van der Waals surface area (Å²) >= 11 is 9.50. The molecule has 0 spiro atoms. The van der Waals surface area contributed by atoms with E-state index < -0.39 is 8.80 Å². The summed E-state index contributed by atoms with van der Waals surface area (Å²) in [5.74, 6) is 0.727. The number of hydrogen-bond donors (Lipinski definition) is 2. The monoisotopic (exact) mass is 859 g/mol. The van der Waals surface area contributed by atoms with Gasteiger partial charge >= 0.3 is 8.80 Å². The molecule has 57 heavy (non-hydrogen) atoms. The highest BCUT2D eigenvalue weighted by Gasteiger charge is 2.42. The standard InChI is InChI=1S/C51H106O3S2Si/c1-4-7-10-13-16-19-22-25-28-31-34-37-40-43-46-52-57(50-51(56)49-55,53-47-44-41-38-35-32-29-26-23-20-17-14-11-8-5-2)54-48-45-42-39-36-33-30-27-24-21-18-15-12-9-6-3/h51,55-56H,4-50H2,1-3H3.